The van der Waals surface area contributed by atoms with Crippen LogP contribution in [0.4, 0.5) is 5.69 Å². The van der Waals surface area contributed by atoms with Crippen LogP contribution in [0.3, 0.4) is 0 Å². The summed E-state index contributed by atoms with van der Waals surface area (Å²) in [6.45, 7) is 4.30. The number of carbonyl (C=O) groups excluding carboxylic acids is 1. The Labute approximate surface area is 123 Å². The smallest absolute Gasteiger partial charge is 0.251 e. The van der Waals surface area contributed by atoms with Gasteiger partial charge in [-0.05, 0) is 38.5 Å². The molecule has 5 nitrogen and oxygen atoms in total. The lowest BCUT2D eigenvalue weighted by Crippen LogP contribution is -2.25. The first-order valence-corrected chi connectivity index (χ1v) is 6.13. The van der Waals surface area contributed by atoms with Gasteiger partial charge in [0.05, 0.1) is 5.69 Å². The molecule has 0 fully saturated rings. The van der Waals surface area contributed by atoms with Gasteiger partial charge in [0.1, 0.15) is 5.76 Å². The number of rotatable bonds is 4. The van der Waals surface area contributed by atoms with Gasteiger partial charge in [0, 0.05) is 23.4 Å². The second-order valence-electron chi connectivity index (χ2n) is 4.43. The molecule has 3 N–H and O–H groups in total. The largest absolute Gasteiger partial charge is 0.399 e. The molecule has 2 aromatic rings. The fraction of sp³-hybridized carbons (Fsp3) is 0.286. The molecule has 2 rings (SSSR count). The molecule has 1 amide bonds. The maximum absolute atomic E-state index is 11.9. The van der Waals surface area contributed by atoms with Crippen LogP contribution in [0.15, 0.2) is 28.8 Å². The Kier molecular flexibility index (Phi) is 5.58. The summed E-state index contributed by atoms with van der Waals surface area (Å²) in [5.41, 5.74) is 8.71. The zero-order valence-electron chi connectivity index (χ0n) is 11.5. The molecule has 1 aromatic carbocycles. The number of amides is 1. The number of anilines is 1. The average molecular weight is 296 g/mol. The maximum atomic E-state index is 11.9. The highest BCUT2D eigenvalue weighted by molar-refractivity contribution is 5.94. The van der Waals surface area contributed by atoms with Crippen molar-refractivity contribution < 1.29 is 9.32 Å². The fourth-order valence-corrected chi connectivity index (χ4v) is 1.94. The summed E-state index contributed by atoms with van der Waals surface area (Å²) in [7, 11) is 0. The van der Waals surface area contributed by atoms with Crippen molar-refractivity contribution in [3.63, 3.8) is 0 Å². The van der Waals surface area contributed by atoms with Crippen molar-refractivity contribution in [3.8, 4) is 0 Å². The summed E-state index contributed by atoms with van der Waals surface area (Å²) < 4.78 is 5.07. The Hall–Kier alpha value is -2.01. The van der Waals surface area contributed by atoms with Gasteiger partial charge in [-0.2, -0.15) is 0 Å². The summed E-state index contributed by atoms with van der Waals surface area (Å²) in [5, 5.41) is 6.73. The van der Waals surface area contributed by atoms with E-state index < -0.39 is 0 Å². The van der Waals surface area contributed by atoms with E-state index in [9.17, 15) is 4.79 Å². The van der Waals surface area contributed by atoms with Gasteiger partial charge in [-0.1, -0.05) is 11.2 Å². The Bertz CT molecular complexity index is 576. The van der Waals surface area contributed by atoms with Gasteiger partial charge >= 0.3 is 0 Å². The first-order valence-electron chi connectivity index (χ1n) is 6.13. The van der Waals surface area contributed by atoms with E-state index in [4.69, 9.17) is 10.3 Å². The number of halogens is 1. The van der Waals surface area contributed by atoms with Gasteiger partial charge in [-0.3, -0.25) is 4.79 Å². The molecule has 0 radical (unpaired) electrons. The van der Waals surface area contributed by atoms with Crippen LogP contribution in [0.25, 0.3) is 0 Å². The minimum Gasteiger partial charge on any atom is -0.399 e. The summed E-state index contributed by atoms with van der Waals surface area (Å²) >= 11 is 0. The van der Waals surface area contributed by atoms with E-state index in [0.717, 1.165) is 17.0 Å². The number of nitrogens with zero attached hydrogens (tertiary/aromatic N) is 1. The lowest BCUT2D eigenvalue weighted by Gasteiger charge is -2.05. The van der Waals surface area contributed by atoms with Gasteiger partial charge in [0.25, 0.3) is 5.91 Å². The standard InChI is InChI=1S/C14H17N3O2.ClH/c1-9-13(10(2)19-17-9)6-7-16-14(18)11-4-3-5-12(15)8-11;/h3-5,8H,6-7,15H2,1-2H3,(H,16,18);1H. The number of aryl methyl sites for hydroxylation is 2. The topological polar surface area (TPSA) is 81.2 Å². The molecule has 0 unspecified atom stereocenters. The predicted octanol–water partition coefficient (Wildman–Crippen LogP) is 2.27. The Balaban J connectivity index is 0.00000200. The summed E-state index contributed by atoms with van der Waals surface area (Å²) in [4.78, 5) is 11.9. The van der Waals surface area contributed by atoms with Gasteiger partial charge in [-0.15, -0.1) is 12.4 Å². The van der Waals surface area contributed by atoms with Crippen molar-refractivity contribution in [2.45, 2.75) is 20.3 Å². The van der Waals surface area contributed by atoms with Crippen LogP contribution in [0.1, 0.15) is 27.4 Å². The van der Waals surface area contributed by atoms with Crippen LogP contribution < -0.4 is 11.1 Å². The van der Waals surface area contributed by atoms with E-state index >= 15 is 0 Å². The van der Waals surface area contributed by atoms with Crippen LogP contribution in [-0.4, -0.2) is 17.6 Å². The monoisotopic (exact) mass is 295 g/mol. The molecule has 0 spiro atoms. The van der Waals surface area contributed by atoms with Crippen LogP contribution >= 0.6 is 12.4 Å². The van der Waals surface area contributed by atoms with Crippen molar-refractivity contribution in [1.82, 2.24) is 10.5 Å². The van der Waals surface area contributed by atoms with Crippen LogP contribution in [0.5, 0.6) is 0 Å². The molecule has 0 atom stereocenters. The highest BCUT2D eigenvalue weighted by atomic mass is 35.5. The SMILES string of the molecule is Cc1noc(C)c1CCNC(=O)c1cccc(N)c1.Cl. The van der Waals surface area contributed by atoms with Crippen LogP contribution in [-0.2, 0) is 6.42 Å². The predicted molar refractivity (Wildman–Crippen MR) is 80.1 cm³/mol. The van der Waals surface area contributed by atoms with E-state index in [1.807, 2.05) is 13.8 Å². The number of aromatic nitrogens is 1. The highest BCUT2D eigenvalue weighted by Gasteiger charge is 2.10. The second-order valence-corrected chi connectivity index (χ2v) is 4.43. The quantitative estimate of drug-likeness (QED) is 0.848. The van der Waals surface area contributed by atoms with Crippen LogP contribution in [0, 0.1) is 13.8 Å². The Morgan fingerprint density at radius 1 is 1.40 bits per heavy atom. The molecule has 0 aliphatic carbocycles. The molecular weight excluding hydrogens is 278 g/mol. The molecule has 0 saturated heterocycles. The Morgan fingerprint density at radius 3 is 2.75 bits per heavy atom. The molecule has 1 aromatic heterocycles. The first kappa shape index (κ1) is 16.0. The summed E-state index contributed by atoms with van der Waals surface area (Å²) in [5.74, 6) is 0.676. The molecule has 0 aliphatic heterocycles. The molecule has 20 heavy (non-hydrogen) atoms. The third-order valence-corrected chi connectivity index (χ3v) is 2.99. The van der Waals surface area contributed by atoms with Crippen molar-refractivity contribution >= 4 is 24.0 Å². The van der Waals surface area contributed by atoms with Gasteiger partial charge < -0.3 is 15.6 Å². The lowest BCUT2D eigenvalue weighted by molar-refractivity contribution is 0.0954. The normalized spacial score (nSPS) is 9.90. The van der Waals surface area contributed by atoms with Crippen molar-refractivity contribution in [3.05, 3.63) is 46.8 Å². The zero-order valence-corrected chi connectivity index (χ0v) is 12.3. The number of nitrogen functional groups attached to an aromatic ring is 1. The Morgan fingerprint density at radius 2 is 2.15 bits per heavy atom. The second kappa shape index (κ2) is 6.96. The first-order chi connectivity index (χ1) is 9.08. The van der Waals surface area contributed by atoms with E-state index in [2.05, 4.69) is 10.5 Å². The van der Waals surface area contributed by atoms with E-state index in [1.165, 1.54) is 0 Å². The maximum Gasteiger partial charge on any atom is 0.251 e. The molecule has 0 aliphatic rings. The molecule has 0 saturated carbocycles. The third kappa shape index (κ3) is 3.74. The molecular formula is C14H18ClN3O2. The van der Waals surface area contributed by atoms with E-state index in [0.29, 0.717) is 24.2 Å². The molecule has 6 heteroatoms. The molecule has 108 valence electrons. The van der Waals surface area contributed by atoms with E-state index in [1.54, 1.807) is 24.3 Å². The van der Waals surface area contributed by atoms with E-state index in [-0.39, 0.29) is 18.3 Å². The van der Waals surface area contributed by atoms with Gasteiger partial charge in [0.15, 0.2) is 0 Å². The lowest BCUT2D eigenvalue weighted by atomic mass is 10.1. The zero-order chi connectivity index (χ0) is 13.8. The number of nitrogens with two attached hydrogens (primary N) is 1. The summed E-state index contributed by atoms with van der Waals surface area (Å²) in [6.07, 6.45) is 0.704. The average Bonchev–Trinajstić information content (AvgIpc) is 2.70. The van der Waals surface area contributed by atoms with Crippen LogP contribution in [0.2, 0.25) is 0 Å². The molecule has 0 bridgehead atoms. The highest BCUT2D eigenvalue weighted by Crippen LogP contribution is 2.12. The molecule has 1 heterocycles. The minimum atomic E-state index is -0.126. The number of carbonyl (C=O) groups is 1. The van der Waals surface area contributed by atoms with Crippen molar-refractivity contribution in [2.75, 3.05) is 12.3 Å². The third-order valence-electron chi connectivity index (χ3n) is 2.99. The minimum absolute atomic E-state index is 0. The number of hydrogen-bond acceptors (Lipinski definition) is 4. The van der Waals surface area contributed by atoms with Crippen molar-refractivity contribution in [2.24, 2.45) is 0 Å². The number of benzene rings is 1. The summed E-state index contributed by atoms with van der Waals surface area (Å²) in [6, 6.07) is 6.91. The number of hydrogen-bond donors (Lipinski definition) is 2. The number of nitrogens with one attached hydrogen (secondary N) is 1. The van der Waals surface area contributed by atoms with Gasteiger partial charge in [0.2, 0.25) is 0 Å². The van der Waals surface area contributed by atoms with Crippen molar-refractivity contribution in [1.29, 1.82) is 0 Å². The van der Waals surface area contributed by atoms with Gasteiger partial charge in [-0.25, -0.2) is 0 Å². The fourth-order valence-electron chi connectivity index (χ4n) is 1.94.